The summed E-state index contributed by atoms with van der Waals surface area (Å²) in [5.74, 6) is 0. The molecule has 0 heterocycles. The molecule has 2 amide bonds. The molecule has 0 aliphatic rings. The first-order valence-corrected chi connectivity index (χ1v) is 4.74. The van der Waals surface area contributed by atoms with Crippen molar-refractivity contribution in [1.29, 1.82) is 0 Å². The predicted molar refractivity (Wildman–Crippen MR) is 60.3 cm³/mol. The number of carbonyl (C=O) groups excluding carboxylic acids is 1. The van der Waals surface area contributed by atoms with Crippen molar-refractivity contribution in [2.24, 2.45) is 0 Å². The van der Waals surface area contributed by atoms with Gasteiger partial charge >= 0.3 is 6.03 Å². The molecule has 0 spiro atoms. The van der Waals surface area contributed by atoms with E-state index in [9.17, 15) is 4.79 Å². The number of rotatable bonds is 3. The number of amides is 2. The Morgan fingerprint density at radius 3 is 2.36 bits per heavy atom. The highest BCUT2D eigenvalue weighted by Gasteiger charge is 2.07. The van der Waals surface area contributed by atoms with Crippen LogP contribution in [-0.4, -0.2) is 31.6 Å². The second-order valence-electron chi connectivity index (χ2n) is 3.44. The summed E-state index contributed by atoms with van der Waals surface area (Å²) in [5, 5.41) is 2.59. The van der Waals surface area contributed by atoms with E-state index in [0.29, 0.717) is 6.54 Å². The van der Waals surface area contributed by atoms with E-state index in [1.165, 1.54) is 11.1 Å². The molecule has 0 aromatic heterocycles. The number of nitrogens with one attached hydrogen (secondary N) is 1. The van der Waals surface area contributed by atoms with Crippen molar-refractivity contribution in [3.63, 3.8) is 0 Å². The van der Waals surface area contributed by atoms with Crippen molar-refractivity contribution in [2.45, 2.75) is 20.8 Å². The van der Waals surface area contributed by atoms with Crippen molar-refractivity contribution < 1.29 is 4.79 Å². The summed E-state index contributed by atoms with van der Waals surface area (Å²) in [5.41, 5.74) is 2.41. The van der Waals surface area contributed by atoms with Crippen molar-refractivity contribution in [1.82, 2.24) is 10.2 Å². The summed E-state index contributed by atoms with van der Waals surface area (Å²) in [7, 11) is 3.42. The normalized spacial score (nSPS) is 10.1. The van der Waals surface area contributed by atoms with Gasteiger partial charge in [-0.05, 0) is 26.3 Å². The Kier molecular flexibility index (Phi) is 5.68. The summed E-state index contributed by atoms with van der Waals surface area (Å²) >= 11 is 0. The Bertz CT molecular complexity index is 250. The Balaban J connectivity index is 4.48. The van der Waals surface area contributed by atoms with E-state index >= 15 is 0 Å². The summed E-state index contributed by atoms with van der Waals surface area (Å²) in [6.45, 7) is 6.72. The largest absolute Gasteiger partial charge is 0.341 e. The SMILES string of the molecule is C/C=C\C(CN(C)C(=O)NC)=C(C)C. The molecule has 0 rings (SSSR count). The van der Waals surface area contributed by atoms with Gasteiger partial charge < -0.3 is 10.2 Å². The lowest BCUT2D eigenvalue weighted by Crippen LogP contribution is -2.36. The molecular weight excluding hydrogens is 176 g/mol. The fourth-order valence-electron chi connectivity index (χ4n) is 1.10. The molecule has 0 radical (unpaired) electrons. The fourth-order valence-corrected chi connectivity index (χ4v) is 1.10. The fraction of sp³-hybridized carbons (Fsp3) is 0.545. The van der Waals surface area contributed by atoms with Crippen LogP contribution in [0.25, 0.3) is 0 Å². The molecule has 0 unspecified atom stereocenters. The highest BCUT2D eigenvalue weighted by Crippen LogP contribution is 2.06. The molecule has 0 fully saturated rings. The van der Waals surface area contributed by atoms with Gasteiger partial charge in [-0.15, -0.1) is 0 Å². The zero-order valence-electron chi connectivity index (χ0n) is 9.72. The number of hydrogen-bond acceptors (Lipinski definition) is 1. The number of nitrogens with zero attached hydrogens (tertiary/aromatic N) is 1. The van der Waals surface area contributed by atoms with Gasteiger partial charge in [0, 0.05) is 20.6 Å². The molecule has 3 nitrogen and oxygen atoms in total. The van der Waals surface area contributed by atoms with E-state index in [-0.39, 0.29) is 6.03 Å². The summed E-state index contributed by atoms with van der Waals surface area (Å²) < 4.78 is 0. The monoisotopic (exact) mass is 196 g/mol. The van der Waals surface area contributed by atoms with Crippen molar-refractivity contribution in [3.05, 3.63) is 23.3 Å². The maximum absolute atomic E-state index is 11.2. The maximum atomic E-state index is 11.2. The van der Waals surface area contributed by atoms with Gasteiger partial charge in [0.2, 0.25) is 0 Å². The Labute approximate surface area is 86.5 Å². The third-order valence-electron chi connectivity index (χ3n) is 1.98. The lowest BCUT2D eigenvalue weighted by Gasteiger charge is -2.18. The quantitative estimate of drug-likeness (QED) is 0.689. The molecule has 80 valence electrons. The van der Waals surface area contributed by atoms with Crippen LogP contribution in [0.2, 0.25) is 0 Å². The predicted octanol–water partition coefficient (Wildman–Crippen LogP) is 2.17. The molecule has 1 N–H and O–H groups in total. The van der Waals surface area contributed by atoms with E-state index in [0.717, 1.165) is 0 Å². The molecule has 0 bridgehead atoms. The molecule has 14 heavy (non-hydrogen) atoms. The second-order valence-corrected chi connectivity index (χ2v) is 3.44. The van der Waals surface area contributed by atoms with E-state index in [2.05, 4.69) is 5.32 Å². The van der Waals surface area contributed by atoms with Crippen molar-refractivity contribution >= 4 is 6.03 Å². The van der Waals surface area contributed by atoms with Crippen LogP contribution in [0.15, 0.2) is 23.3 Å². The first-order chi connectivity index (χ1) is 6.52. The third kappa shape index (κ3) is 4.12. The van der Waals surface area contributed by atoms with E-state index in [1.807, 2.05) is 32.9 Å². The minimum absolute atomic E-state index is 0.0618. The number of urea groups is 1. The topological polar surface area (TPSA) is 32.3 Å². The highest BCUT2D eigenvalue weighted by atomic mass is 16.2. The van der Waals surface area contributed by atoms with Gasteiger partial charge in [0.15, 0.2) is 0 Å². The Hall–Kier alpha value is -1.25. The smallest absolute Gasteiger partial charge is 0.317 e. The van der Waals surface area contributed by atoms with Gasteiger partial charge in [-0.25, -0.2) is 4.79 Å². The first-order valence-electron chi connectivity index (χ1n) is 4.74. The van der Waals surface area contributed by atoms with Gasteiger partial charge in [0.05, 0.1) is 0 Å². The second kappa shape index (κ2) is 6.24. The van der Waals surface area contributed by atoms with Gasteiger partial charge in [-0.2, -0.15) is 0 Å². The van der Waals surface area contributed by atoms with E-state index in [4.69, 9.17) is 0 Å². The molecule has 0 aromatic carbocycles. The first kappa shape index (κ1) is 12.8. The highest BCUT2D eigenvalue weighted by molar-refractivity contribution is 5.73. The van der Waals surface area contributed by atoms with Crippen molar-refractivity contribution in [2.75, 3.05) is 20.6 Å². The molecule has 0 saturated heterocycles. The van der Waals surface area contributed by atoms with E-state index in [1.54, 1.807) is 19.0 Å². The zero-order valence-corrected chi connectivity index (χ0v) is 9.72. The number of likely N-dealkylation sites (N-methyl/N-ethyl adjacent to an activating group) is 1. The minimum Gasteiger partial charge on any atom is -0.341 e. The Morgan fingerprint density at radius 1 is 1.43 bits per heavy atom. The molecule has 3 heteroatoms. The van der Waals surface area contributed by atoms with Crippen LogP contribution in [0.1, 0.15) is 20.8 Å². The summed E-state index contributed by atoms with van der Waals surface area (Å²) in [4.78, 5) is 12.9. The number of carbonyl (C=O) groups is 1. The average Bonchev–Trinajstić information content (AvgIpc) is 2.15. The lowest BCUT2D eigenvalue weighted by molar-refractivity contribution is 0.215. The summed E-state index contributed by atoms with van der Waals surface area (Å²) in [6.07, 6.45) is 4.02. The molecule has 0 aromatic rings. The number of allylic oxidation sites excluding steroid dienone is 2. The summed E-state index contributed by atoms with van der Waals surface area (Å²) in [6, 6.07) is -0.0618. The van der Waals surface area contributed by atoms with Crippen LogP contribution in [0.3, 0.4) is 0 Å². The standard InChI is InChI=1S/C11H20N2O/c1-6-7-10(9(2)3)8-13(5)11(14)12-4/h6-7H,8H2,1-5H3,(H,12,14)/b7-6-. The van der Waals surface area contributed by atoms with Crippen LogP contribution in [0.4, 0.5) is 4.79 Å². The molecule has 0 atom stereocenters. The lowest BCUT2D eigenvalue weighted by atomic mass is 10.1. The third-order valence-corrected chi connectivity index (χ3v) is 1.98. The maximum Gasteiger partial charge on any atom is 0.317 e. The van der Waals surface area contributed by atoms with E-state index < -0.39 is 0 Å². The van der Waals surface area contributed by atoms with Gasteiger partial charge in [0.25, 0.3) is 0 Å². The van der Waals surface area contributed by atoms with Crippen LogP contribution in [0.5, 0.6) is 0 Å². The van der Waals surface area contributed by atoms with Gasteiger partial charge in [0.1, 0.15) is 0 Å². The van der Waals surface area contributed by atoms with Crippen molar-refractivity contribution in [3.8, 4) is 0 Å². The number of hydrogen-bond donors (Lipinski definition) is 1. The van der Waals surface area contributed by atoms with Crippen LogP contribution < -0.4 is 5.32 Å². The zero-order chi connectivity index (χ0) is 11.1. The molecular formula is C11H20N2O. The van der Waals surface area contributed by atoms with Gasteiger partial charge in [-0.1, -0.05) is 17.7 Å². The van der Waals surface area contributed by atoms with Gasteiger partial charge in [-0.3, -0.25) is 0 Å². The van der Waals surface area contributed by atoms with Crippen LogP contribution >= 0.6 is 0 Å². The average molecular weight is 196 g/mol. The molecule has 0 saturated carbocycles. The molecule has 0 aliphatic carbocycles. The molecule has 0 aliphatic heterocycles. The minimum atomic E-state index is -0.0618. The van der Waals surface area contributed by atoms with Crippen LogP contribution in [-0.2, 0) is 0 Å². The Morgan fingerprint density at radius 2 is 2.00 bits per heavy atom. The van der Waals surface area contributed by atoms with Crippen LogP contribution in [0, 0.1) is 0 Å².